The van der Waals surface area contributed by atoms with Crippen molar-refractivity contribution < 1.29 is 18.3 Å². The van der Waals surface area contributed by atoms with Gasteiger partial charge in [-0.3, -0.25) is 0 Å². The van der Waals surface area contributed by atoms with Crippen molar-refractivity contribution in [2.24, 2.45) is 0 Å². The van der Waals surface area contributed by atoms with Crippen molar-refractivity contribution in [3.8, 4) is 0 Å². The molecular weight excluding hydrogens is 354 g/mol. The van der Waals surface area contributed by atoms with Crippen molar-refractivity contribution >= 4 is 17.4 Å². The van der Waals surface area contributed by atoms with Crippen LogP contribution in [0.25, 0.3) is 5.65 Å². The molecule has 6 nitrogen and oxygen atoms in total. The second kappa shape index (κ2) is 6.94. The highest BCUT2D eigenvalue weighted by molar-refractivity contribution is 5.88. The fourth-order valence-corrected chi connectivity index (χ4v) is 3.43. The molecule has 140 valence electrons. The number of nitrogens with zero attached hydrogens (tertiary/aromatic N) is 4. The van der Waals surface area contributed by atoms with Crippen LogP contribution >= 0.6 is 0 Å². The van der Waals surface area contributed by atoms with Crippen molar-refractivity contribution in [3.63, 3.8) is 0 Å². The monoisotopic (exact) mass is 372 g/mol. The molecule has 2 aromatic heterocycles. The lowest BCUT2D eigenvalue weighted by Gasteiger charge is -2.25. The summed E-state index contributed by atoms with van der Waals surface area (Å²) < 4.78 is 34.3. The lowest BCUT2D eigenvalue weighted by molar-refractivity contribution is 0.0516. The summed E-state index contributed by atoms with van der Waals surface area (Å²) in [7, 11) is 0. The number of aromatic nitrogens is 3. The summed E-state index contributed by atoms with van der Waals surface area (Å²) in [4.78, 5) is 18.0. The molecule has 0 radical (unpaired) electrons. The average molecular weight is 372 g/mol. The molecule has 3 heterocycles. The second-order valence-corrected chi connectivity index (χ2v) is 6.38. The molecule has 0 aliphatic carbocycles. The first-order chi connectivity index (χ1) is 13.1. The maximum Gasteiger partial charge on any atom is 0.358 e. The van der Waals surface area contributed by atoms with E-state index in [9.17, 15) is 13.6 Å². The number of ether oxygens (including phenoxy) is 1. The predicted molar refractivity (Wildman–Crippen MR) is 94.9 cm³/mol. The van der Waals surface area contributed by atoms with Crippen LogP contribution in [-0.2, 0) is 4.74 Å². The number of carbonyl (C=O) groups is 1. The number of rotatable bonds is 4. The minimum Gasteiger partial charge on any atom is -0.461 e. The molecule has 27 heavy (non-hydrogen) atoms. The highest BCUT2D eigenvalue weighted by atomic mass is 19.1. The van der Waals surface area contributed by atoms with Crippen LogP contribution in [0.5, 0.6) is 0 Å². The zero-order valence-corrected chi connectivity index (χ0v) is 14.7. The van der Waals surface area contributed by atoms with Crippen LogP contribution < -0.4 is 4.90 Å². The van der Waals surface area contributed by atoms with Gasteiger partial charge >= 0.3 is 5.97 Å². The molecule has 1 saturated heterocycles. The molecule has 0 amide bonds. The maximum absolute atomic E-state index is 14.2. The molecule has 1 aliphatic heterocycles. The van der Waals surface area contributed by atoms with Gasteiger partial charge in [-0.05, 0) is 36.8 Å². The van der Waals surface area contributed by atoms with Crippen molar-refractivity contribution in [2.45, 2.75) is 25.6 Å². The smallest absolute Gasteiger partial charge is 0.358 e. The topological polar surface area (TPSA) is 59.7 Å². The lowest BCUT2D eigenvalue weighted by atomic mass is 10.0. The molecule has 4 rings (SSSR count). The van der Waals surface area contributed by atoms with E-state index in [2.05, 4.69) is 10.1 Å². The number of alkyl halides is 1. The Bertz CT molecular complexity index is 991. The van der Waals surface area contributed by atoms with Gasteiger partial charge in [-0.1, -0.05) is 12.1 Å². The molecule has 0 unspecified atom stereocenters. The largest absolute Gasteiger partial charge is 0.461 e. The highest BCUT2D eigenvalue weighted by Gasteiger charge is 2.34. The Morgan fingerprint density at radius 1 is 1.33 bits per heavy atom. The first kappa shape index (κ1) is 17.4. The zero-order chi connectivity index (χ0) is 19.0. The van der Waals surface area contributed by atoms with E-state index < -0.39 is 12.1 Å². The van der Waals surface area contributed by atoms with E-state index >= 15 is 0 Å². The molecule has 3 aromatic rings. The summed E-state index contributed by atoms with van der Waals surface area (Å²) in [6.07, 6.45) is 0.594. The summed E-state index contributed by atoms with van der Waals surface area (Å²) in [6, 6.07) is 9.25. The van der Waals surface area contributed by atoms with Gasteiger partial charge in [0.1, 0.15) is 17.8 Å². The van der Waals surface area contributed by atoms with Gasteiger partial charge in [0.25, 0.3) is 0 Å². The number of benzene rings is 1. The number of imidazole rings is 1. The fraction of sp³-hybridized carbons (Fsp3) is 0.316. The van der Waals surface area contributed by atoms with Gasteiger partial charge in [-0.2, -0.15) is 0 Å². The number of fused-ring (bicyclic) bond motifs is 1. The number of halogens is 2. The first-order valence-corrected chi connectivity index (χ1v) is 8.75. The van der Waals surface area contributed by atoms with Crippen molar-refractivity contribution in [1.29, 1.82) is 0 Å². The van der Waals surface area contributed by atoms with Gasteiger partial charge in [0, 0.05) is 6.42 Å². The Morgan fingerprint density at radius 3 is 2.96 bits per heavy atom. The Balaban J connectivity index is 1.73. The summed E-state index contributed by atoms with van der Waals surface area (Å²) in [5, 5.41) is 4.47. The maximum atomic E-state index is 14.2. The SMILES string of the molecule is CCOC(=O)c1cnc2ccc(N3C[C@@H](F)C[C@@H]3c3cccc(F)c3)nn12. The number of hydrogen-bond donors (Lipinski definition) is 0. The fourth-order valence-electron chi connectivity index (χ4n) is 3.43. The zero-order valence-electron chi connectivity index (χ0n) is 14.7. The molecule has 2 atom stereocenters. The number of carbonyl (C=O) groups excluding carboxylic acids is 1. The third kappa shape index (κ3) is 3.22. The van der Waals surface area contributed by atoms with E-state index in [1.54, 1.807) is 36.1 Å². The highest BCUT2D eigenvalue weighted by Crippen LogP contribution is 2.36. The summed E-state index contributed by atoms with van der Waals surface area (Å²) >= 11 is 0. The summed E-state index contributed by atoms with van der Waals surface area (Å²) in [5.41, 5.74) is 1.38. The lowest BCUT2D eigenvalue weighted by Crippen LogP contribution is -2.25. The predicted octanol–water partition coefficient (Wildman–Crippen LogP) is 3.33. The first-order valence-electron chi connectivity index (χ1n) is 8.75. The molecule has 0 saturated carbocycles. The Hall–Kier alpha value is -3.03. The Morgan fingerprint density at radius 2 is 2.19 bits per heavy atom. The van der Waals surface area contributed by atoms with E-state index in [0.29, 0.717) is 17.0 Å². The number of hydrogen-bond acceptors (Lipinski definition) is 5. The van der Waals surface area contributed by atoms with Crippen LogP contribution in [0.1, 0.15) is 35.4 Å². The Kier molecular flexibility index (Phi) is 4.47. The van der Waals surface area contributed by atoms with E-state index in [1.165, 1.54) is 22.8 Å². The standard InChI is InChI=1S/C19H18F2N4O2/c1-2-27-19(26)16-10-22-17-6-7-18(23-25(16)17)24-11-14(21)9-15(24)12-4-3-5-13(20)8-12/h3-8,10,14-15H,2,9,11H2,1H3/t14-,15+/m0/s1. The molecule has 0 bridgehead atoms. The van der Waals surface area contributed by atoms with Gasteiger partial charge in [-0.15, -0.1) is 5.10 Å². The van der Waals surface area contributed by atoms with Crippen LogP contribution in [0.3, 0.4) is 0 Å². The Labute approximate surface area is 154 Å². The molecule has 1 fully saturated rings. The molecule has 1 aliphatic rings. The van der Waals surface area contributed by atoms with Crippen LogP contribution in [-0.4, -0.2) is 39.9 Å². The van der Waals surface area contributed by atoms with Gasteiger partial charge in [0.15, 0.2) is 11.3 Å². The van der Waals surface area contributed by atoms with Crippen LogP contribution in [0.2, 0.25) is 0 Å². The van der Waals surface area contributed by atoms with Gasteiger partial charge in [0.05, 0.1) is 25.4 Å². The third-order valence-electron chi connectivity index (χ3n) is 4.61. The van der Waals surface area contributed by atoms with E-state index in [1.807, 2.05) is 0 Å². The number of anilines is 1. The van der Waals surface area contributed by atoms with Crippen LogP contribution in [0, 0.1) is 5.82 Å². The quantitative estimate of drug-likeness (QED) is 0.658. The second-order valence-electron chi connectivity index (χ2n) is 6.38. The number of esters is 1. The summed E-state index contributed by atoms with van der Waals surface area (Å²) in [5.74, 6) is -0.404. The van der Waals surface area contributed by atoms with Gasteiger partial charge in [-0.25, -0.2) is 23.1 Å². The van der Waals surface area contributed by atoms with Crippen molar-refractivity contribution in [1.82, 2.24) is 14.6 Å². The van der Waals surface area contributed by atoms with E-state index in [0.717, 1.165) is 0 Å². The molecule has 8 heteroatoms. The van der Waals surface area contributed by atoms with Crippen molar-refractivity contribution in [3.05, 3.63) is 59.7 Å². The average Bonchev–Trinajstić information content (AvgIpc) is 3.25. The normalized spacial score (nSPS) is 19.6. The molecule has 0 spiro atoms. The third-order valence-corrected chi connectivity index (χ3v) is 4.61. The minimum absolute atomic E-state index is 0.142. The van der Waals surface area contributed by atoms with Crippen LogP contribution in [0.15, 0.2) is 42.6 Å². The molecule has 1 aromatic carbocycles. The van der Waals surface area contributed by atoms with Gasteiger partial charge in [0.2, 0.25) is 0 Å². The van der Waals surface area contributed by atoms with Gasteiger partial charge < -0.3 is 9.64 Å². The molecular formula is C19H18F2N4O2. The minimum atomic E-state index is -1.05. The van der Waals surface area contributed by atoms with Crippen molar-refractivity contribution in [2.75, 3.05) is 18.1 Å². The summed E-state index contributed by atoms with van der Waals surface area (Å²) in [6.45, 7) is 2.10. The van der Waals surface area contributed by atoms with E-state index in [4.69, 9.17) is 4.74 Å². The molecule has 0 N–H and O–H groups in total. The van der Waals surface area contributed by atoms with E-state index in [-0.39, 0.29) is 37.1 Å². The van der Waals surface area contributed by atoms with Crippen LogP contribution in [0.4, 0.5) is 14.6 Å².